The third-order valence-electron chi connectivity index (χ3n) is 3.28. The number of amides is 1. The van der Waals surface area contributed by atoms with Crippen molar-refractivity contribution in [1.82, 2.24) is 5.01 Å². The van der Waals surface area contributed by atoms with Gasteiger partial charge in [-0.15, -0.1) is 5.10 Å². The third-order valence-corrected chi connectivity index (χ3v) is 3.83. The monoisotopic (exact) mass is 352 g/mol. The molecule has 0 aliphatic carbocycles. The number of hydrogen-bond donors (Lipinski definition) is 0. The van der Waals surface area contributed by atoms with Crippen LogP contribution in [0.15, 0.2) is 47.6 Å². The van der Waals surface area contributed by atoms with E-state index in [-0.39, 0.29) is 17.6 Å². The normalized spacial score (nSPS) is 17.0. The van der Waals surface area contributed by atoms with Gasteiger partial charge in [0.25, 0.3) is 0 Å². The summed E-state index contributed by atoms with van der Waals surface area (Å²) in [5.74, 6) is -0.474. The quantitative estimate of drug-likeness (QED) is 0.805. The Morgan fingerprint density at radius 2 is 1.91 bits per heavy atom. The Balaban J connectivity index is 1.97. The summed E-state index contributed by atoms with van der Waals surface area (Å²) in [4.78, 5) is 11.8. The Morgan fingerprint density at radius 3 is 2.52 bits per heavy atom. The van der Waals surface area contributed by atoms with Gasteiger partial charge >= 0.3 is 0 Å². The minimum Gasteiger partial charge on any atom is -0.446 e. The van der Waals surface area contributed by atoms with Gasteiger partial charge in [-0.25, -0.2) is 4.39 Å². The van der Waals surface area contributed by atoms with Crippen molar-refractivity contribution in [3.8, 4) is 0 Å². The Hall–Kier alpha value is -2.11. The van der Waals surface area contributed by atoms with Gasteiger partial charge < -0.3 is 4.74 Å². The molecule has 0 fully saturated rings. The minimum absolute atomic E-state index is 0.205. The Morgan fingerprint density at radius 1 is 1.22 bits per heavy atom. The first kappa shape index (κ1) is 15.8. The molecule has 1 amide bonds. The Kier molecular flexibility index (Phi) is 4.24. The Bertz CT molecular complexity index is 793. The number of ether oxygens (including phenoxy) is 1. The maximum absolute atomic E-state index is 13.1. The number of hydrazone groups is 1. The predicted molar refractivity (Wildman–Crippen MR) is 85.7 cm³/mol. The van der Waals surface area contributed by atoms with E-state index >= 15 is 0 Å². The van der Waals surface area contributed by atoms with Crippen LogP contribution in [0.1, 0.15) is 24.3 Å². The van der Waals surface area contributed by atoms with Crippen molar-refractivity contribution in [2.45, 2.75) is 13.2 Å². The SMILES string of the molecule is CC(=O)N1N=C(c2ccc(Cl)cc2Cl)O[C@H]1c1ccc(F)cc1. The van der Waals surface area contributed by atoms with Crippen molar-refractivity contribution >= 4 is 35.0 Å². The molecule has 1 atom stereocenters. The van der Waals surface area contributed by atoms with E-state index in [1.54, 1.807) is 18.2 Å². The topological polar surface area (TPSA) is 41.9 Å². The van der Waals surface area contributed by atoms with Gasteiger partial charge in [-0.1, -0.05) is 35.3 Å². The highest BCUT2D eigenvalue weighted by Crippen LogP contribution is 2.32. The molecule has 0 unspecified atom stereocenters. The van der Waals surface area contributed by atoms with E-state index in [1.165, 1.54) is 36.2 Å². The van der Waals surface area contributed by atoms with Gasteiger partial charge in [0.2, 0.25) is 18.0 Å². The molecule has 0 saturated carbocycles. The van der Waals surface area contributed by atoms with Crippen LogP contribution in [0.4, 0.5) is 4.39 Å². The zero-order valence-electron chi connectivity index (χ0n) is 12.0. The second-order valence-corrected chi connectivity index (χ2v) is 5.76. The molecule has 2 aromatic rings. The van der Waals surface area contributed by atoms with E-state index in [0.29, 0.717) is 21.2 Å². The van der Waals surface area contributed by atoms with Crippen LogP contribution >= 0.6 is 23.2 Å². The van der Waals surface area contributed by atoms with Gasteiger partial charge in [-0.2, -0.15) is 5.01 Å². The van der Waals surface area contributed by atoms with Crippen molar-refractivity contribution < 1.29 is 13.9 Å². The van der Waals surface area contributed by atoms with E-state index in [9.17, 15) is 9.18 Å². The molecule has 1 heterocycles. The lowest BCUT2D eigenvalue weighted by atomic mass is 10.2. The molecule has 0 aromatic heterocycles. The summed E-state index contributed by atoms with van der Waals surface area (Å²) in [5, 5.41) is 6.22. The fourth-order valence-corrected chi connectivity index (χ4v) is 2.67. The van der Waals surface area contributed by atoms with Crippen LogP contribution in [0.5, 0.6) is 0 Å². The smallest absolute Gasteiger partial charge is 0.243 e. The molecule has 0 saturated heterocycles. The highest BCUT2D eigenvalue weighted by Gasteiger charge is 2.33. The minimum atomic E-state index is -0.769. The molecule has 118 valence electrons. The first-order chi connectivity index (χ1) is 11.0. The summed E-state index contributed by atoms with van der Waals surface area (Å²) in [6, 6.07) is 10.5. The van der Waals surface area contributed by atoms with Crippen LogP contribution in [0.25, 0.3) is 0 Å². The average molecular weight is 353 g/mol. The zero-order valence-corrected chi connectivity index (χ0v) is 13.5. The van der Waals surface area contributed by atoms with Gasteiger partial charge in [0.15, 0.2) is 0 Å². The van der Waals surface area contributed by atoms with E-state index in [2.05, 4.69) is 5.10 Å². The van der Waals surface area contributed by atoms with Crippen LogP contribution in [0.3, 0.4) is 0 Å². The van der Waals surface area contributed by atoms with E-state index in [4.69, 9.17) is 27.9 Å². The van der Waals surface area contributed by atoms with E-state index < -0.39 is 6.23 Å². The maximum Gasteiger partial charge on any atom is 0.243 e. The van der Waals surface area contributed by atoms with Crippen LogP contribution in [0.2, 0.25) is 10.0 Å². The number of halogens is 3. The van der Waals surface area contributed by atoms with Crippen molar-refractivity contribution in [2.75, 3.05) is 0 Å². The first-order valence-corrected chi connectivity index (χ1v) is 7.47. The standard InChI is InChI=1S/C16H11Cl2FN2O2/c1-9(22)21-16(10-2-5-12(19)6-3-10)23-15(20-21)13-7-4-11(17)8-14(13)18/h2-8,16H,1H3/t16-/m0/s1. The van der Waals surface area contributed by atoms with Gasteiger partial charge in [-0.3, -0.25) is 4.79 Å². The summed E-state index contributed by atoms with van der Waals surface area (Å²) in [5.41, 5.74) is 1.12. The summed E-state index contributed by atoms with van der Waals surface area (Å²) in [6.45, 7) is 1.37. The molecule has 1 aliphatic heterocycles. The van der Waals surface area contributed by atoms with Gasteiger partial charge in [0, 0.05) is 17.5 Å². The molecule has 4 nitrogen and oxygen atoms in total. The number of carbonyl (C=O) groups excluding carboxylic acids is 1. The molecule has 0 radical (unpaired) electrons. The number of nitrogens with zero attached hydrogens (tertiary/aromatic N) is 2. The van der Waals surface area contributed by atoms with Crippen LogP contribution in [0, 0.1) is 5.82 Å². The number of rotatable bonds is 2. The van der Waals surface area contributed by atoms with Crippen molar-refractivity contribution in [3.63, 3.8) is 0 Å². The van der Waals surface area contributed by atoms with Crippen molar-refractivity contribution in [1.29, 1.82) is 0 Å². The second kappa shape index (κ2) is 6.18. The molecule has 0 N–H and O–H groups in total. The van der Waals surface area contributed by atoms with Crippen molar-refractivity contribution in [2.24, 2.45) is 5.10 Å². The average Bonchev–Trinajstić information content (AvgIpc) is 2.93. The fraction of sp³-hybridized carbons (Fsp3) is 0.125. The molecule has 0 spiro atoms. The van der Waals surface area contributed by atoms with Crippen LogP contribution in [-0.2, 0) is 9.53 Å². The summed E-state index contributed by atoms with van der Waals surface area (Å²) in [6.07, 6.45) is -0.769. The molecule has 2 aromatic carbocycles. The highest BCUT2D eigenvalue weighted by atomic mass is 35.5. The lowest BCUT2D eigenvalue weighted by Crippen LogP contribution is -2.25. The Labute approximate surface area is 142 Å². The molecule has 7 heteroatoms. The summed E-state index contributed by atoms with van der Waals surface area (Å²) >= 11 is 12.0. The fourth-order valence-electron chi connectivity index (χ4n) is 2.18. The van der Waals surface area contributed by atoms with Gasteiger partial charge in [0.05, 0.1) is 10.6 Å². The predicted octanol–water partition coefficient (Wildman–Crippen LogP) is 4.37. The molecule has 1 aliphatic rings. The van der Waals surface area contributed by atoms with Crippen LogP contribution < -0.4 is 0 Å². The third kappa shape index (κ3) is 3.16. The highest BCUT2D eigenvalue weighted by molar-refractivity contribution is 6.36. The van der Waals surface area contributed by atoms with Crippen molar-refractivity contribution in [3.05, 3.63) is 69.5 Å². The molecule has 3 rings (SSSR count). The van der Waals surface area contributed by atoms with Gasteiger partial charge in [-0.05, 0) is 30.3 Å². The van der Waals surface area contributed by atoms with Crippen LogP contribution in [-0.4, -0.2) is 16.8 Å². The zero-order chi connectivity index (χ0) is 16.6. The lowest BCUT2D eigenvalue weighted by Gasteiger charge is -2.19. The molecule has 0 bridgehead atoms. The second-order valence-electron chi connectivity index (χ2n) is 4.91. The maximum atomic E-state index is 13.1. The lowest BCUT2D eigenvalue weighted by molar-refractivity contribution is -0.135. The molecule has 23 heavy (non-hydrogen) atoms. The molecular weight excluding hydrogens is 342 g/mol. The van der Waals surface area contributed by atoms with E-state index in [1.807, 2.05) is 0 Å². The number of benzene rings is 2. The van der Waals surface area contributed by atoms with E-state index in [0.717, 1.165) is 0 Å². The first-order valence-electron chi connectivity index (χ1n) is 6.71. The summed E-state index contributed by atoms with van der Waals surface area (Å²) in [7, 11) is 0. The number of carbonyl (C=O) groups is 1. The largest absolute Gasteiger partial charge is 0.446 e. The number of hydrogen-bond acceptors (Lipinski definition) is 3. The van der Waals surface area contributed by atoms with Gasteiger partial charge in [0.1, 0.15) is 5.82 Å². The summed E-state index contributed by atoms with van der Waals surface area (Å²) < 4.78 is 18.9. The molecular formula is C16H11Cl2FN2O2.